The first-order valence-electron chi connectivity index (χ1n) is 6.68. The first-order valence-corrected chi connectivity index (χ1v) is 7.06. The first kappa shape index (κ1) is 13.8. The molecule has 108 valence electrons. The van der Waals surface area contributed by atoms with Gasteiger partial charge < -0.3 is 4.90 Å². The van der Waals surface area contributed by atoms with Gasteiger partial charge in [0.05, 0.1) is 28.5 Å². The zero-order chi connectivity index (χ0) is 15.1. The van der Waals surface area contributed by atoms with Crippen LogP contribution in [0.1, 0.15) is 39.9 Å². The molecule has 0 saturated carbocycles. The minimum absolute atomic E-state index is 0.0323. The summed E-state index contributed by atoms with van der Waals surface area (Å²) < 4.78 is 1.78. The molecule has 21 heavy (non-hydrogen) atoms. The molecule has 0 spiro atoms. The smallest absolute Gasteiger partial charge is 0.257 e. The third-order valence-corrected chi connectivity index (χ3v) is 3.97. The molecule has 0 radical (unpaired) electrons. The lowest BCUT2D eigenvalue weighted by molar-refractivity contribution is 0.0785. The summed E-state index contributed by atoms with van der Waals surface area (Å²) in [6.07, 6.45) is 1.96. The van der Waals surface area contributed by atoms with E-state index < -0.39 is 0 Å². The second kappa shape index (κ2) is 5.00. The molecule has 3 rings (SSSR count). The second-order valence-electron chi connectivity index (χ2n) is 4.98. The van der Waals surface area contributed by atoms with Gasteiger partial charge in [0.25, 0.3) is 5.91 Å². The third kappa shape index (κ3) is 2.05. The number of hydrogen-bond donors (Lipinski definition) is 0. The van der Waals surface area contributed by atoms with Crippen LogP contribution < -0.4 is 0 Å². The number of benzene rings is 1. The fourth-order valence-electron chi connectivity index (χ4n) is 2.55. The number of amides is 1. The number of nitrogens with zero attached hydrogens (tertiary/aromatic N) is 3. The lowest BCUT2D eigenvalue weighted by atomic mass is 10.1. The van der Waals surface area contributed by atoms with E-state index in [1.54, 1.807) is 41.9 Å². The Kier molecular flexibility index (Phi) is 3.29. The van der Waals surface area contributed by atoms with Crippen LogP contribution in [0.5, 0.6) is 0 Å². The highest BCUT2D eigenvalue weighted by atomic mass is 35.5. The largest absolute Gasteiger partial charge is 0.336 e. The SMILES string of the molecule is CCC(=O)c1ncn2c1CN(C)C(=O)c1c(Cl)cccc1-2. The molecule has 1 aliphatic rings. The summed E-state index contributed by atoms with van der Waals surface area (Å²) in [5.41, 5.74) is 2.24. The molecular formula is C15H14ClN3O2. The van der Waals surface area contributed by atoms with Crippen LogP contribution in [0.2, 0.25) is 5.02 Å². The summed E-state index contributed by atoms with van der Waals surface area (Å²) in [6, 6.07) is 5.28. The summed E-state index contributed by atoms with van der Waals surface area (Å²) in [5.74, 6) is -0.190. The molecule has 0 saturated heterocycles. The maximum Gasteiger partial charge on any atom is 0.257 e. The molecule has 1 aromatic heterocycles. The van der Waals surface area contributed by atoms with Crippen molar-refractivity contribution in [1.29, 1.82) is 0 Å². The number of ketones is 1. The van der Waals surface area contributed by atoms with Gasteiger partial charge in [-0.25, -0.2) is 4.98 Å². The van der Waals surface area contributed by atoms with E-state index in [0.29, 0.717) is 34.9 Å². The van der Waals surface area contributed by atoms with Crippen LogP contribution in [0, 0.1) is 0 Å². The van der Waals surface area contributed by atoms with Crippen molar-refractivity contribution < 1.29 is 9.59 Å². The van der Waals surface area contributed by atoms with Crippen molar-refractivity contribution in [2.45, 2.75) is 19.9 Å². The summed E-state index contributed by atoms with van der Waals surface area (Å²) >= 11 is 6.19. The molecule has 1 aliphatic heterocycles. The minimum atomic E-state index is -0.158. The van der Waals surface area contributed by atoms with E-state index in [0.717, 1.165) is 5.69 Å². The predicted octanol–water partition coefficient (Wildman–Crippen LogP) is 2.70. The van der Waals surface area contributed by atoms with E-state index in [4.69, 9.17) is 11.6 Å². The quantitative estimate of drug-likeness (QED) is 0.802. The van der Waals surface area contributed by atoms with Gasteiger partial charge in [-0.2, -0.15) is 0 Å². The van der Waals surface area contributed by atoms with Crippen molar-refractivity contribution in [1.82, 2.24) is 14.5 Å². The number of halogens is 1. The lowest BCUT2D eigenvalue weighted by Gasteiger charge is -2.15. The summed E-state index contributed by atoms with van der Waals surface area (Å²) in [7, 11) is 1.69. The Morgan fingerprint density at radius 3 is 2.90 bits per heavy atom. The van der Waals surface area contributed by atoms with E-state index in [1.807, 2.05) is 6.07 Å². The second-order valence-corrected chi connectivity index (χ2v) is 5.39. The average molecular weight is 304 g/mol. The number of rotatable bonds is 2. The van der Waals surface area contributed by atoms with E-state index in [9.17, 15) is 9.59 Å². The van der Waals surface area contributed by atoms with Crippen LogP contribution in [-0.4, -0.2) is 33.2 Å². The first-order chi connectivity index (χ1) is 10.0. The van der Waals surface area contributed by atoms with Crippen molar-refractivity contribution in [3.05, 3.63) is 46.5 Å². The standard InChI is InChI=1S/C15H14ClN3O2/c1-3-12(20)14-11-7-18(2)15(21)13-9(16)5-4-6-10(13)19(11)8-17-14/h4-6,8H,3,7H2,1-2H3. The van der Waals surface area contributed by atoms with Crippen LogP contribution in [0.25, 0.3) is 5.69 Å². The Hall–Kier alpha value is -2.14. The zero-order valence-electron chi connectivity index (χ0n) is 11.8. The van der Waals surface area contributed by atoms with Gasteiger partial charge in [-0.05, 0) is 12.1 Å². The number of carbonyl (C=O) groups is 2. The fraction of sp³-hybridized carbons (Fsp3) is 0.267. The Morgan fingerprint density at radius 1 is 1.43 bits per heavy atom. The van der Waals surface area contributed by atoms with Crippen molar-refractivity contribution >= 4 is 23.3 Å². The predicted molar refractivity (Wildman–Crippen MR) is 79.0 cm³/mol. The molecule has 6 heteroatoms. The monoisotopic (exact) mass is 303 g/mol. The highest BCUT2D eigenvalue weighted by molar-refractivity contribution is 6.34. The van der Waals surface area contributed by atoms with E-state index in [1.165, 1.54) is 0 Å². The van der Waals surface area contributed by atoms with Gasteiger partial charge in [0.15, 0.2) is 5.78 Å². The maximum atomic E-state index is 12.5. The number of aromatic nitrogens is 2. The number of carbonyl (C=O) groups excluding carboxylic acids is 2. The van der Waals surface area contributed by atoms with E-state index in [2.05, 4.69) is 4.98 Å². The molecule has 0 fully saturated rings. The number of fused-ring (bicyclic) bond motifs is 3. The normalized spacial score (nSPS) is 13.7. The van der Waals surface area contributed by atoms with Crippen molar-refractivity contribution in [2.75, 3.05) is 7.05 Å². The number of imidazole rings is 1. The van der Waals surface area contributed by atoms with Gasteiger partial charge in [0, 0.05) is 13.5 Å². The number of hydrogen-bond acceptors (Lipinski definition) is 3. The molecule has 0 aliphatic carbocycles. The van der Waals surface area contributed by atoms with E-state index >= 15 is 0 Å². The lowest BCUT2D eigenvalue weighted by Crippen LogP contribution is -2.26. The van der Waals surface area contributed by atoms with Crippen LogP contribution in [-0.2, 0) is 6.54 Å². The Bertz CT molecular complexity index is 751. The van der Waals surface area contributed by atoms with Crippen molar-refractivity contribution in [3.63, 3.8) is 0 Å². The summed E-state index contributed by atoms with van der Waals surface area (Å²) in [6.45, 7) is 2.12. The van der Waals surface area contributed by atoms with Crippen LogP contribution in [0.3, 0.4) is 0 Å². The molecule has 1 amide bonds. The molecular weight excluding hydrogens is 290 g/mol. The fourth-order valence-corrected chi connectivity index (χ4v) is 2.80. The van der Waals surface area contributed by atoms with Crippen molar-refractivity contribution in [2.24, 2.45) is 0 Å². The third-order valence-electron chi connectivity index (χ3n) is 3.65. The van der Waals surface area contributed by atoms with Gasteiger partial charge in [0.2, 0.25) is 0 Å². The Morgan fingerprint density at radius 2 is 2.19 bits per heavy atom. The molecule has 0 bridgehead atoms. The Balaban J connectivity index is 2.30. The van der Waals surface area contributed by atoms with Crippen LogP contribution in [0.4, 0.5) is 0 Å². The van der Waals surface area contributed by atoms with Gasteiger partial charge in [-0.3, -0.25) is 14.2 Å². The van der Waals surface area contributed by atoms with Gasteiger partial charge in [-0.1, -0.05) is 24.6 Å². The number of Topliss-reactive ketones (excluding diaryl/α,β-unsaturated/α-hetero) is 1. The molecule has 0 atom stereocenters. The molecule has 1 aromatic carbocycles. The maximum absolute atomic E-state index is 12.5. The molecule has 5 nitrogen and oxygen atoms in total. The van der Waals surface area contributed by atoms with Gasteiger partial charge in [0.1, 0.15) is 12.0 Å². The molecule has 0 unspecified atom stereocenters. The highest BCUT2D eigenvalue weighted by Crippen LogP contribution is 2.30. The molecule has 2 aromatic rings. The average Bonchev–Trinajstić information content (AvgIpc) is 2.84. The zero-order valence-corrected chi connectivity index (χ0v) is 12.5. The van der Waals surface area contributed by atoms with Crippen LogP contribution in [0.15, 0.2) is 24.5 Å². The summed E-state index contributed by atoms with van der Waals surface area (Å²) in [4.78, 5) is 30.3. The highest BCUT2D eigenvalue weighted by Gasteiger charge is 2.29. The minimum Gasteiger partial charge on any atom is -0.336 e. The Labute approximate surface area is 127 Å². The van der Waals surface area contributed by atoms with Crippen molar-refractivity contribution in [3.8, 4) is 5.69 Å². The van der Waals surface area contributed by atoms with Gasteiger partial charge >= 0.3 is 0 Å². The topological polar surface area (TPSA) is 55.2 Å². The van der Waals surface area contributed by atoms with Gasteiger partial charge in [-0.15, -0.1) is 0 Å². The van der Waals surface area contributed by atoms with E-state index in [-0.39, 0.29) is 11.7 Å². The molecule has 0 N–H and O–H groups in total. The molecule has 2 heterocycles. The summed E-state index contributed by atoms with van der Waals surface area (Å²) in [5, 5.41) is 0.397. The van der Waals surface area contributed by atoms with Crippen LogP contribution >= 0.6 is 11.6 Å².